The SMILES string of the molecule is CCOC(=O)c1cc(-c2csc(C3CCN(C(=O)Cc4n[nH]c(=O)c5ccccc45)CC3)n2)on1. The summed E-state index contributed by atoms with van der Waals surface area (Å²) in [7, 11) is 0. The van der Waals surface area contributed by atoms with Gasteiger partial charge in [-0.05, 0) is 25.8 Å². The zero-order valence-corrected chi connectivity index (χ0v) is 19.8. The molecule has 0 atom stereocenters. The van der Waals surface area contributed by atoms with Crippen LogP contribution >= 0.6 is 11.3 Å². The van der Waals surface area contributed by atoms with Crippen LogP contribution < -0.4 is 5.56 Å². The number of likely N-dealkylation sites (tertiary alicyclic amines) is 1. The second-order valence-corrected chi connectivity index (χ2v) is 9.13. The monoisotopic (exact) mass is 493 g/mol. The summed E-state index contributed by atoms with van der Waals surface area (Å²) in [4.78, 5) is 43.3. The van der Waals surface area contributed by atoms with Crippen LogP contribution in [0, 0.1) is 0 Å². The summed E-state index contributed by atoms with van der Waals surface area (Å²) in [5.41, 5.74) is 1.06. The molecule has 0 bridgehead atoms. The van der Waals surface area contributed by atoms with Crippen molar-refractivity contribution in [1.29, 1.82) is 0 Å². The van der Waals surface area contributed by atoms with E-state index in [-0.39, 0.29) is 36.1 Å². The molecule has 4 heterocycles. The first-order valence-corrected chi connectivity index (χ1v) is 12.2. The number of aromatic amines is 1. The second kappa shape index (κ2) is 9.79. The zero-order valence-electron chi connectivity index (χ0n) is 19.0. The van der Waals surface area contributed by atoms with Gasteiger partial charge in [0.1, 0.15) is 5.69 Å². The Morgan fingerprint density at radius 2 is 2.00 bits per heavy atom. The number of aromatic nitrogens is 4. The van der Waals surface area contributed by atoms with E-state index in [0.717, 1.165) is 17.8 Å². The maximum atomic E-state index is 13.0. The summed E-state index contributed by atoms with van der Waals surface area (Å²) in [5.74, 6) is 0.113. The summed E-state index contributed by atoms with van der Waals surface area (Å²) >= 11 is 1.53. The normalized spacial score (nSPS) is 14.4. The van der Waals surface area contributed by atoms with Crippen LogP contribution in [0.25, 0.3) is 22.2 Å². The third kappa shape index (κ3) is 4.72. The van der Waals surface area contributed by atoms with Gasteiger partial charge in [0.25, 0.3) is 5.56 Å². The number of nitrogens with zero attached hydrogens (tertiary/aromatic N) is 4. The smallest absolute Gasteiger partial charge is 0.360 e. The van der Waals surface area contributed by atoms with Crippen molar-refractivity contribution in [3.8, 4) is 11.5 Å². The standard InChI is InChI=1S/C24H23N5O5S/c1-2-33-24(32)18-11-20(34-28-18)19-13-35-23(25-19)14-7-9-29(10-8-14)21(30)12-17-15-5-3-4-6-16(15)22(31)27-26-17/h3-6,11,13-14H,2,7-10,12H2,1H3,(H,27,31). The fourth-order valence-electron chi connectivity index (χ4n) is 4.22. The zero-order chi connectivity index (χ0) is 24.4. The lowest BCUT2D eigenvalue weighted by Crippen LogP contribution is -2.39. The number of rotatable bonds is 6. The van der Waals surface area contributed by atoms with Crippen LogP contribution in [0.4, 0.5) is 0 Å². The molecule has 35 heavy (non-hydrogen) atoms. The number of piperidine rings is 1. The van der Waals surface area contributed by atoms with Gasteiger partial charge in [-0.1, -0.05) is 23.4 Å². The minimum absolute atomic E-state index is 0.0128. The van der Waals surface area contributed by atoms with E-state index in [1.165, 1.54) is 17.4 Å². The summed E-state index contributed by atoms with van der Waals surface area (Å²) in [5, 5.41) is 14.5. The molecule has 1 aliphatic rings. The summed E-state index contributed by atoms with van der Waals surface area (Å²) < 4.78 is 10.2. The Morgan fingerprint density at radius 3 is 2.77 bits per heavy atom. The highest BCUT2D eigenvalue weighted by atomic mass is 32.1. The van der Waals surface area contributed by atoms with Crippen LogP contribution in [0.5, 0.6) is 0 Å². The number of fused-ring (bicyclic) bond motifs is 1. The first kappa shape index (κ1) is 22.9. The van der Waals surface area contributed by atoms with E-state index in [1.807, 2.05) is 22.4 Å². The van der Waals surface area contributed by atoms with E-state index in [2.05, 4.69) is 20.3 Å². The largest absolute Gasteiger partial charge is 0.461 e. The number of benzene rings is 1. The van der Waals surface area contributed by atoms with Gasteiger partial charge in [-0.15, -0.1) is 11.3 Å². The van der Waals surface area contributed by atoms with Gasteiger partial charge in [-0.2, -0.15) is 5.10 Å². The van der Waals surface area contributed by atoms with Crippen LogP contribution in [-0.2, 0) is 16.0 Å². The molecular formula is C24H23N5O5S. The summed E-state index contributed by atoms with van der Waals surface area (Å²) in [6.45, 7) is 3.23. The van der Waals surface area contributed by atoms with Crippen LogP contribution in [0.1, 0.15) is 46.9 Å². The van der Waals surface area contributed by atoms with E-state index in [4.69, 9.17) is 9.26 Å². The average Bonchev–Trinajstić information content (AvgIpc) is 3.56. The molecule has 0 radical (unpaired) electrons. The molecule has 3 aromatic heterocycles. The molecular weight excluding hydrogens is 470 g/mol. The van der Waals surface area contributed by atoms with Gasteiger partial charge in [-0.3, -0.25) is 9.59 Å². The van der Waals surface area contributed by atoms with E-state index in [1.54, 1.807) is 19.1 Å². The van der Waals surface area contributed by atoms with Crippen molar-refractivity contribution in [1.82, 2.24) is 25.2 Å². The molecule has 4 aromatic rings. The number of amides is 1. The number of hydrogen-bond acceptors (Lipinski definition) is 9. The lowest BCUT2D eigenvalue weighted by Gasteiger charge is -2.31. The van der Waals surface area contributed by atoms with E-state index in [9.17, 15) is 14.4 Å². The topological polar surface area (TPSA) is 131 Å². The lowest BCUT2D eigenvalue weighted by molar-refractivity contribution is -0.131. The predicted octanol–water partition coefficient (Wildman–Crippen LogP) is 3.16. The maximum absolute atomic E-state index is 13.0. The highest BCUT2D eigenvalue weighted by Crippen LogP contribution is 2.33. The number of esters is 1. The molecule has 1 saturated heterocycles. The Balaban J connectivity index is 1.21. The third-order valence-corrected chi connectivity index (χ3v) is 7.07. The van der Waals surface area contributed by atoms with Crippen LogP contribution in [0.3, 0.4) is 0 Å². The molecule has 1 N–H and O–H groups in total. The first-order chi connectivity index (χ1) is 17.0. The minimum atomic E-state index is -0.528. The van der Waals surface area contributed by atoms with Crippen LogP contribution in [0.2, 0.25) is 0 Å². The van der Waals surface area contributed by atoms with Crippen molar-refractivity contribution in [3.05, 3.63) is 62.5 Å². The molecule has 10 nitrogen and oxygen atoms in total. The summed E-state index contributed by atoms with van der Waals surface area (Å²) in [6.07, 6.45) is 1.73. The molecule has 1 aliphatic heterocycles. The molecule has 0 saturated carbocycles. The van der Waals surface area contributed by atoms with Crippen molar-refractivity contribution in [3.63, 3.8) is 0 Å². The third-order valence-electron chi connectivity index (χ3n) is 6.06. The van der Waals surface area contributed by atoms with Gasteiger partial charge < -0.3 is 14.2 Å². The van der Waals surface area contributed by atoms with Crippen molar-refractivity contribution >= 4 is 34.0 Å². The van der Waals surface area contributed by atoms with Gasteiger partial charge in [0.15, 0.2) is 11.5 Å². The summed E-state index contributed by atoms with van der Waals surface area (Å²) in [6, 6.07) is 8.71. The number of hydrogen-bond donors (Lipinski definition) is 1. The first-order valence-electron chi connectivity index (χ1n) is 11.4. The second-order valence-electron chi connectivity index (χ2n) is 8.24. The Labute approximate surface area is 203 Å². The fourth-order valence-corrected chi connectivity index (χ4v) is 5.20. The number of nitrogens with one attached hydrogen (secondary N) is 1. The highest BCUT2D eigenvalue weighted by molar-refractivity contribution is 7.10. The number of carbonyl (C=O) groups excluding carboxylic acids is 2. The van der Waals surface area contributed by atoms with Gasteiger partial charge in [0.05, 0.1) is 29.1 Å². The van der Waals surface area contributed by atoms with E-state index < -0.39 is 5.97 Å². The van der Waals surface area contributed by atoms with Crippen molar-refractivity contribution in [2.45, 2.75) is 32.1 Å². The molecule has 0 aliphatic carbocycles. The number of ether oxygens (including phenoxy) is 1. The Morgan fingerprint density at radius 1 is 1.23 bits per heavy atom. The number of carbonyl (C=O) groups is 2. The number of thiazole rings is 1. The minimum Gasteiger partial charge on any atom is -0.461 e. The quantitative estimate of drug-likeness (QED) is 0.405. The Hall–Kier alpha value is -3.86. The number of H-pyrrole nitrogens is 1. The van der Waals surface area contributed by atoms with Gasteiger partial charge >= 0.3 is 5.97 Å². The van der Waals surface area contributed by atoms with Gasteiger partial charge in [0, 0.05) is 35.8 Å². The van der Waals surface area contributed by atoms with E-state index >= 15 is 0 Å². The van der Waals surface area contributed by atoms with Gasteiger partial charge in [0.2, 0.25) is 5.91 Å². The molecule has 1 amide bonds. The van der Waals surface area contributed by atoms with Crippen LogP contribution in [-0.4, -0.2) is 56.8 Å². The molecule has 1 aromatic carbocycles. The van der Waals surface area contributed by atoms with Crippen LogP contribution in [0.15, 0.2) is 45.0 Å². The molecule has 0 unspecified atom stereocenters. The molecule has 180 valence electrons. The highest BCUT2D eigenvalue weighted by Gasteiger charge is 2.27. The Bertz CT molecular complexity index is 1430. The predicted molar refractivity (Wildman–Crippen MR) is 128 cm³/mol. The maximum Gasteiger partial charge on any atom is 0.360 e. The van der Waals surface area contributed by atoms with Crippen molar-refractivity contribution in [2.24, 2.45) is 0 Å². The van der Waals surface area contributed by atoms with E-state index in [0.29, 0.717) is 41.0 Å². The molecule has 11 heteroatoms. The van der Waals surface area contributed by atoms with Crippen molar-refractivity contribution in [2.75, 3.05) is 19.7 Å². The van der Waals surface area contributed by atoms with Crippen molar-refractivity contribution < 1.29 is 18.8 Å². The Kier molecular flexibility index (Phi) is 6.41. The average molecular weight is 494 g/mol. The van der Waals surface area contributed by atoms with Gasteiger partial charge in [-0.25, -0.2) is 14.9 Å². The fraction of sp³-hybridized carbons (Fsp3) is 0.333. The molecule has 1 fully saturated rings. The molecule has 5 rings (SSSR count). The molecule has 0 spiro atoms. The lowest BCUT2D eigenvalue weighted by atomic mass is 9.97.